The maximum absolute atomic E-state index is 10.9. The summed E-state index contributed by atoms with van der Waals surface area (Å²) >= 11 is 0. The average Bonchev–Trinajstić information content (AvgIpc) is 2.43. The number of hydroxylamine groups is 1. The van der Waals surface area contributed by atoms with Crippen molar-refractivity contribution < 1.29 is 40.0 Å². The first-order valence-electron chi connectivity index (χ1n) is 6.71. The molecule has 0 aliphatic heterocycles. The quantitative estimate of drug-likeness (QED) is 0.190. The topological polar surface area (TPSA) is 157 Å². The summed E-state index contributed by atoms with van der Waals surface area (Å²) in [5.74, 6) is -3.38. The molecule has 9 heteroatoms. The molecule has 0 unspecified atom stereocenters. The van der Waals surface area contributed by atoms with Crippen LogP contribution in [-0.2, 0) is 14.4 Å². The Labute approximate surface area is 122 Å². The Kier molecular flexibility index (Phi) is 9.84. The second kappa shape index (κ2) is 10.5. The summed E-state index contributed by atoms with van der Waals surface area (Å²) in [6.07, 6.45) is -4.78. The van der Waals surface area contributed by atoms with E-state index >= 15 is 0 Å². The van der Waals surface area contributed by atoms with E-state index in [1.165, 1.54) is 0 Å². The van der Waals surface area contributed by atoms with Crippen molar-refractivity contribution in [1.29, 1.82) is 0 Å². The van der Waals surface area contributed by atoms with Crippen LogP contribution in [0.1, 0.15) is 32.6 Å². The zero-order valence-corrected chi connectivity index (χ0v) is 11.8. The summed E-state index contributed by atoms with van der Waals surface area (Å²) in [4.78, 5) is 26.1. The molecule has 0 aromatic carbocycles. The zero-order chi connectivity index (χ0) is 16.4. The van der Waals surface area contributed by atoms with Crippen molar-refractivity contribution in [3.8, 4) is 0 Å². The first-order valence-corrected chi connectivity index (χ1v) is 6.71. The number of rotatable bonds is 12. The van der Waals surface area contributed by atoms with Crippen LogP contribution in [0, 0.1) is 0 Å². The fraction of sp³-hybridized carbons (Fsp3) is 0.833. The molecular weight excluding hydrogens is 286 g/mol. The first kappa shape index (κ1) is 19.7. The highest BCUT2D eigenvalue weighted by molar-refractivity contribution is 5.75. The summed E-state index contributed by atoms with van der Waals surface area (Å²) in [6, 6.07) is 0. The Morgan fingerprint density at radius 2 is 1.62 bits per heavy atom. The van der Waals surface area contributed by atoms with E-state index in [-0.39, 0.29) is 0 Å². The second-order valence-corrected chi connectivity index (χ2v) is 4.60. The lowest BCUT2D eigenvalue weighted by Gasteiger charge is -2.25. The predicted octanol–water partition coefficient (Wildman–Crippen LogP) is -1.29. The van der Waals surface area contributed by atoms with Crippen molar-refractivity contribution in [2.45, 2.75) is 57.0 Å². The van der Waals surface area contributed by atoms with Gasteiger partial charge >= 0.3 is 11.9 Å². The van der Waals surface area contributed by atoms with E-state index in [0.717, 1.165) is 25.7 Å². The summed E-state index contributed by atoms with van der Waals surface area (Å²) < 4.78 is 0. The fourth-order valence-corrected chi connectivity index (χ4v) is 1.55. The maximum atomic E-state index is 10.9. The van der Waals surface area contributed by atoms with E-state index in [4.69, 9.17) is 20.2 Å². The molecule has 0 saturated carbocycles. The number of hydrogen-bond donors (Lipinski definition) is 6. The SMILES string of the molecule is CCCCCCNO[C@@H](C(=O)O)[C@@H](O)[C@H](O)[C@H](O)C(=O)O. The van der Waals surface area contributed by atoms with Gasteiger partial charge in [-0.3, -0.25) is 4.84 Å². The Bertz CT molecular complexity index is 324. The van der Waals surface area contributed by atoms with E-state index in [2.05, 4.69) is 5.48 Å². The van der Waals surface area contributed by atoms with E-state index in [9.17, 15) is 19.8 Å². The molecular formula is C12H23NO8. The van der Waals surface area contributed by atoms with E-state index in [0.29, 0.717) is 6.54 Å². The van der Waals surface area contributed by atoms with Gasteiger partial charge < -0.3 is 25.5 Å². The van der Waals surface area contributed by atoms with Gasteiger partial charge in [-0.15, -0.1) is 0 Å². The third-order valence-electron chi connectivity index (χ3n) is 2.82. The normalized spacial score (nSPS) is 17.0. The highest BCUT2D eigenvalue weighted by atomic mass is 16.7. The minimum Gasteiger partial charge on any atom is -0.479 e. The van der Waals surface area contributed by atoms with E-state index in [1.807, 2.05) is 6.92 Å². The van der Waals surface area contributed by atoms with Crippen LogP contribution in [0.25, 0.3) is 0 Å². The Morgan fingerprint density at radius 3 is 2.10 bits per heavy atom. The van der Waals surface area contributed by atoms with Crippen LogP contribution in [0.2, 0.25) is 0 Å². The smallest absolute Gasteiger partial charge is 0.337 e. The number of carboxylic acids is 2. The molecule has 0 aromatic rings. The number of hydrogen-bond acceptors (Lipinski definition) is 7. The Hall–Kier alpha value is -1.26. The molecule has 0 spiro atoms. The van der Waals surface area contributed by atoms with Crippen LogP contribution in [0.5, 0.6) is 0 Å². The molecule has 6 N–H and O–H groups in total. The van der Waals surface area contributed by atoms with Crippen LogP contribution in [0.3, 0.4) is 0 Å². The summed E-state index contributed by atoms with van der Waals surface area (Å²) in [5, 5.41) is 45.5. The second-order valence-electron chi connectivity index (χ2n) is 4.60. The largest absolute Gasteiger partial charge is 0.479 e. The van der Waals surface area contributed by atoms with Crippen LogP contribution < -0.4 is 5.48 Å². The van der Waals surface area contributed by atoms with Gasteiger partial charge in [-0.05, 0) is 6.42 Å². The molecule has 4 atom stereocenters. The molecule has 9 nitrogen and oxygen atoms in total. The minimum absolute atomic E-state index is 0.341. The van der Waals surface area contributed by atoms with Gasteiger partial charge in [0.05, 0.1) is 0 Å². The highest BCUT2D eigenvalue weighted by Crippen LogP contribution is 2.09. The summed E-state index contributed by atoms with van der Waals surface area (Å²) in [7, 11) is 0. The molecule has 0 bridgehead atoms. The van der Waals surface area contributed by atoms with Gasteiger partial charge in [0, 0.05) is 6.54 Å². The number of aliphatic hydroxyl groups excluding tert-OH is 3. The van der Waals surface area contributed by atoms with Crippen molar-refractivity contribution in [2.24, 2.45) is 0 Å². The molecule has 0 rings (SSSR count). The Balaban J connectivity index is 4.34. The monoisotopic (exact) mass is 309 g/mol. The molecule has 0 heterocycles. The van der Waals surface area contributed by atoms with Crippen LogP contribution in [0.4, 0.5) is 0 Å². The zero-order valence-electron chi connectivity index (χ0n) is 11.8. The van der Waals surface area contributed by atoms with Crippen LogP contribution >= 0.6 is 0 Å². The highest BCUT2D eigenvalue weighted by Gasteiger charge is 2.39. The van der Waals surface area contributed by atoms with Gasteiger partial charge in [0.2, 0.25) is 6.10 Å². The van der Waals surface area contributed by atoms with Crippen molar-refractivity contribution in [1.82, 2.24) is 5.48 Å². The summed E-state index contributed by atoms with van der Waals surface area (Å²) in [6.45, 7) is 2.38. The number of carbonyl (C=O) groups is 2. The lowest BCUT2D eigenvalue weighted by atomic mass is 10.0. The average molecular weight is 309 g/mol. The van der Waals surface area contributed by atoms with Gasteiger partial charge in [-0.1, -0.05) is 26.2 Å². The van der Waals surface area contributed by atoms with Gasteiger partial charge in [0.25, 0.3) is 0 Å². The Morgan fingerprint density at radius 1 is 1.00 bits per heavy atom. The number of unbranched alkanes of at least 4 members (excludes halogenated alkanes) is 3. The molecule has 0 aliphatic rings. The molecule has 0 amide bonds. The number of nitrogens with one attached hydrogen (secondary N) is 1. The van der Waals surface area contributed by atoms with Crippen molar-refractivity contribution in [3.05, 3.63) is 0 Å². The summed E-state index contributed by atoms with van der Waals surface area (Å²) in [5.41, 5.74) is 2.35. The van der Waals surface area contributed by atoms with Gasteiger partial charge in [-0.2, -0.15) is 0 Å². The maximum Gasteiger partial charge on any atom is 0.337 e. The molecule has 0 aliphatic carbocycles. The molecule has 0 saturated heterocycles. The molecule has 0 fully saturated rings. The van der Waals surface area contributed by atoms with Crippen LogP contribution in [-0.4, -0.2) is 68.4 Å². The molecule has 21 heavy (non-hydrogen) atoms. The number of carboxylic acid groups (broad SMARTS) is 2. The predicted molar refractivity (Wildman–Crippen MR) is 70.3 cm³/mol. The third-order valence-corrected chi connectivity index (χ3v) is 2.82. The van der Waals surface area contributed by atoms with Crippen molar-refractivity contribution in [2.75, 3.05) is 6.54 Å². The molecule has 0 radical (unpaired) electrons. The minimum atomic E-state index is -2.31. The number of aliphatic hydroxyl groups is 3. The van der Waals surface area contributed by atoms with Gasteiger partial charge in [0.15, 0.2) is 6.10 Å². The first-order chi connectivity index (χ1) is 9.82. The lowest BCUT2D eigenvalue weighted by molar-refractivity contribution is -0.186. The van der Waals surface area contributed by atoms with Gasteiger partial charge in [-0.25, -0.2) is 15.1 Å². The molecule has 0 aromatic heterocycles. The lowest BCUT2D eigenvalue weighted by Crippen LogP contribution is -2.52. The fourth-order valence-electron chi connectivity index (χ4n) is 1.55. The third kappa shape index (κ3) is 7.34. The van der Waals surface area contributed by atoms with Gasteiger partial charge in [0.1, 0.15) is 12.2 Å². The number of aliphatic carboxylic acids is 2. The van der Waals surface area contributed by atoms with Crippen LogP contribution in [0.15, 0.2) is 0 Å². The molecule has 124 valence electrons. The van der Waals surface area contributed by atoms with Crippen molar-refractivity contribution >= 4 is 11.9 Å². The van der Waals surface area contributed by atoms with E-state index in [1.54, 1.807) is 0 Å². The standard InChI is InChI=1S/C12H23NO8/c1-2-3-4-5-6-13-21-10(12(19)20)8(15)7(14)9(16)11(17)18/h7-10,13-16H,2-6H2,1H3,(H,17,18)(H,19,20)/t7-,8-,9-,10+/m0/s1. The van der Waals surface area contributed by atoms with E-state index < -0.39 is 36.4 Å². The van der Waals surface area contributed by atoms with Crippen molar-refractivity contribution in [3.63, 3.8) is 0 Å².